The van der Waals surface area contributed by atoms with Gasteiger partial charge in [0.15, 0.2) is 0 Å². The van der Waals surface area contributed by atoms with Crippen molar-refractivity contribution in [3.8, 4) is 0 Å². The van der Waals surface area contributed by atoms with Gasteiger partial charge in [-0.15, -0.1) is 4.99 Å². The first-order valence-electron chi connectivity index (χ1n) is 0.418. The summed E-state index contributed by atoms with van der Waals surface area (Å²) in [6, 6.07) is 0. The molecule has 0 unspecified atom stereocenters. The SMILES string of the molecule is NOO.[Ti]. The summed E-state index contributed by atoms with van der Waals surface area (Å²) in [6.45, 7) is 0. The van der Waals surface area contributed by atoms with Crippen LogP contribution in [0.15, 0.2) is 0 Å². The summed E-state index contributed by atoms with van der Waals surface area (Å²) in [5, 5.41) is 6.85. The average Bonchev–Trinajstić information content (AvgIpc) is 0.918. The maximum Gasteiger partial charge on any atom is 0 e. The fourth-order valence-electron chi connectivity index (χ4n) is 0. The standard InChI is InChI=1S/H3NO2.Ti/c1-3-2;/h2H,1H2;. The summed E-state index contributed by atoms with van der Waals surface area (Å²) < 4.78 is 0. The second-order valence-corrected chi connectivity index (χ2v) is 0.105. The maximum absolute atomic E-state index is 6.85. The van der Waals surface area contributed by atoms with Gasteiger partial charge in [-0.05, 0) is 0 Å². The van der Waals surface area contributed by atoms with Crippen LogP contribution in [-0.4, -0.2) is 5.26 Å². The topological polar surface area (TPSA) is 55.5 Å². The molecule has 0 saturated carbocycles. The van der Waals surface area contributed by atoms with Crippen molar-refractivity contribution in [2.75, 3.05) is 0 Å². The first kappa shape index (κ1) is 8.82. The molecule has 0 rings (SSSR count). The fourth-order valence-corrected chi connectivity index (χ4v) is 0. The molecule has 0 aromatic heterocycles. The average molecular weight is 96.9 g/mol. The molecule has 0 aliphatic carbocycles. The molecular weight excluding hydrogens is 93.9 g/mol. The van der Waals surface area contributed by atoms with Crippen LogP contribution in [0.5, 0.6) is 0 Å². The van der Waals surface area contributed by atoms with Gasteiger partial charge in [-0.2, -0.15) is 5.90 Å². The Kier molecular flexibility index (Phi) is 21.0. The van der Waals surface area contributed by atoms with Gasteiger partial charge in [-0.3, -0.25) is 0 Å². The van der Waals surface area contributed by atoms with Crippen molar-refractivity contribution < 1.29 is 32.0 Å². The van der Waals surface area contributed by atoms with Gasteiger partial charge in [0.1, 0.15) is 0 Å². The van der Waals surface area contributed by atoms with E-state index in [1.54, 1.807) is 0 Å². The van der Waals surface area contributed by atoms with E-state index in [1.807, 2.05) is 0 Å². The van der Waals surface area contributed by atoms with E-state index in [2.05, 4.69) is 10.9 Å². The molecule has 3 N–H and O–H groups in total. The Morgan fingerprint density at radius 2 is 1.75 bits per heavy atom. The minimum Gasteiger partial charge on any atom is -0.233 e. The van der Waals surface area contributed by atoms with Gasteiger partial charge in [-0.25, -0.2) is 5.26 Å². The second kappa shape index (κ2) is 9.52. The largest absolute Gasteiger partial charge is 0.233 e. The molecule has 0 radical (unpaired) electrons. The zero-order valence-electron chi connectivity index (χ0n) is 1.93. The normalized spacial score (nSPS) is 4.50. The zero-order chi connectivity index (χ0) is 2.71. The molecule has 0 heterocycles. The molecule has 24 valence electrons. The van der Waals surface area contributed by atoms with Crippen molar-refractivity contribution in [2.24, 2.45) is 5.90 Å². The Labute approximate surface area is 38.5 Å². The molecule has 4 heavy (non-hydrogen) atoms. The summed E-state index contributed by atoms with van der Waals surface area (Å²) in [4.78, 5) is 2.75. The number of rotatable bonds is 0. The summed E-state index contributed by atoms with van der Waals surface area (Å²) in [5.74, 6) is 3.90. The Morgan fingerprint density at radius 3 is 1.75 bits per heavy atom. The Morgan fingerprint density at radius 1 is 1.75 bits per heavy atom. The van der Waals surface area contributed by atoms with E-state index < -0.39 is 0 Å². The molecule has 0 atom stereocenters. The monoisotopic (exact) mass is 97.0 g/mol. The van der Waals surface area contributed by atoms with Crippen molar-refractivity contribution in [1.29, 1.82) is 0 Å². The summed E-state index contributed by atoms with van der Waals surface area (Å²) >= 11 is 0. The first-order valence-corrected chi connectivity index (χ1v) is 0.418. The van der Waals surface area contributed by atoms with Gasteiger partial charge < -0.3 is 0 Å². The van der Waals surface area contributed by atoms with E-state index >= 15 is 0 Å². The van der Waals surface area contributed by atoms with Crippen molar-refractivity contribution in [1.82, 2.24) is 0 Å². The summed E-state index contributed by atoms with van der Waals surface area (Å²) in [6.07, 6.45) is 0. The van der Waals surface area contributed by atoms with E-state index in [9.17, 15) is 0 Å². The minimum absolute atomic E-state index is 0. The van der Waals surface area contributed by atoms with Gasteiger partial charge in [-0.1, -0.05) is 0 Å². The molecule has 0 amide bonds. The smallest absolute Gasteiger partial charge is 0 e. The number of hydrogen-bond acceptors (Lipinski definition) is 3. The molecule has 0 aliphatic rings. The molecule has 0 aliphatic heterocycles. The van der Waals surface area contributed by atoms with Gasteiger partial charge in [0.25, 0.3) is 0 Å². The Bertz CT molecular complexity index is 6.00. The molecule has 0 bridgehead atoms. The van der Waals surface area contributed by atoms with E-state index in [4.69, 9.17) is 5.26 Å². The van der Waals surface area contributed by atoms with Gasteiger partial charge in [0.05, 0.1) is 0 Å². The molecule has 3 nitrogen and oxygen atoms in total. The first-order chi connectivity index (χ1) is 1.41. The molecule has 0 spiro atoms. The fraction of sp³-hybridized carbons (Fsp3) is 0. The van der Waals surface area contributed by atoms with E-state index in [0.717, 1.165) is 0 Å². The molecule has 0 aromatic rings. The number of nitrogens with two attached hydrogens (primary N) is 1. The maximum atomic E-state index is 6.85. The molecule has 0 fully saturated rings. The molecular formula is H3NO2Ti. The van der Waals surface area contributed by atoms with Crippen molar-refractivity contribution in [2.45, 2.75) is 0 Å². The van der Waals surface area contributed by atoms with Crippen LogP contribution in [0.4, 0.5) is 0 Å². The predicted octanol–water partition coefficient (Wildman–Crippen LogP) is -0.653. The van der Waals surface area contributed by atoms with Crippen LogP contribution in [0.3, 0.4) is 0 Å². The molecule has 0 saturated heterocycles. The van der Waals surface area contributed by atoms with Crippen LogP contribution in [0.2, 0.25) is 0 Å². The summed E-state index contributed by atoms with van der Waals surface area (Å²) in [7, 11) is 0. The Balaban J connectivity index is 0. The third-order valence-electron chi connectivity index (χ3n) is 0. The third kappa shape index (κ3) is 18.7. The second-order valence-electron chi connectivity index (χ2n) is 0.105. The van der Waals surface area contributed by atoms with Crippen molar-refractivity contribution in [3.05, 3.63) is 0 Å². The molecule has 4 heteroatoms. The van der Waals surface area contributed by atoms with Crippen LogP contribution in [0.25, 0.3) is 0 Å². The summed E-state index contributed by atoms with van der Waals surface area (Å²) in [5.41, 5.74) is 0. The van der Waals surface area contributed by atoms with E-state index in [-0.39, 0.29) is 21.7 Å². The molecule has 0 aromatic carbocycles. The van der Waals surface area contributed by atoms with Crippen LogP contribution in [0, 0.1) is 0 Å². The minimum atomic E-state index is 0. The van der Waals surface area contributed by atoms with E-state index in [0.29, 0.717) is 0 Å². The van der Waals surface area contributed by atoms with Crippen LogP contribution in [-0.2, 0) is 26.7 Å². The zero-order valence-corrected chi connectivity index (χ0v) is 3.49. The van der Waals surface area contributed by atoms with Crippen molar-refractivity contribution in [3.63, 3.8) is 0 Å². The van der Waals surface area contributed by atoms with Crippen LogP contribution < -0.4 is 5.90 Å². The Hall–Kier alpha value is 0.594. The number of hydrogen-bond donors (Lipinski definition) is 2. The quantitative estimate of drug-likeness (QED) is 0.240. The van der Waals surface area contributed by atoms with Gasteiger partial charge in [0.2, 0.25) is 0 Å². The van der Waals surface area contributed by atoms with Gasteiger partial charge in [0, 0.05) is 21.7 Å². The van der Waals surface area contributed by atoms with Crippen molar-refractivity contribution >= 4 is 0 Å². The van der Waals surface area contributed by atoms with E-state index in [1.165, 1.54) is 0 Å². The van der Waals surface area contributed by atoms with Crippen LogP contribution in [0.1, 0.15) is 0 Å². The van der Waals surface area contributed by atoms with Crippen LogP contribution >= 0.6 is 0 Å². The van der Waals surface area contributed by atoms with Gasteiger partial charge >= 0.3 is 0 Å². The predicted molar refractivity (Wildman–Crippen MR) is 7.90 cm³/mol. The third-order valence-corrected chi connectivity index (χ3v) is 0.